The van der Waals surface area contributed by atoms with Crippen molar-refractivity contribution in [2.75, 3.05) is 25.6 Å². The molecule has 2 heterocycles. The van der Waals surface area contributed by atoms with Gasteiger partial charge in [-0.1, -0.05) is 18.2 Å². The lowest BCUT2D eigenvalue weighted by Gasteiger charge is -2.25. The average Bonchev–Trinajstić information content (AvgIpc) is 2.47. The molecule has 0 amide bonds. The van der Waals surface area contributed by atoms with Crippen molar-refractivity contribution in [3.8, 4) is 5.75 Å². The zero-order chi connectivity index (χ0) is 13.9. The smallest absolute Gasteiger partial charge is 0.146 e. The Morgan fingerprint density at radius 1 is 1.25 bits per heavy atom. The minimum atomic E-state index is 0.469. The Bertz CT molecular complexity index is 598. The molecule has 0 fully saturated rings. The number of rotatable bonds is 3. The van der Waals surface area contributed by atoms with E-state index in [1.54, 1.807) is 6.20 Å². The number of benzene rings is 1. The number of anilines is 1. The van der Waals surface area contributed by atoms with Crippen LogP contribution < -0.4 is 9.64 Å². The monoisotopic (exact) mass is 269 g/mol. The van der Waals surface area contributed by atoms with E-state index in [0.717, 1.165) is 36.7 Å². The van der Waals surface area contributed by atoms with Crippen LogP contribution >= 0.6 is 0 Å². The van der Waals surface area contributed by atoms with E-state index in [4.69, 9.17) is 4.74 Å². The van der Waals surface area contributed by atoms with E-state index >= 15 is 0 Å². The fourth-order valence-corrected chi connectivity index (χ4v) is 2.53. The number of hydrogen-bond donors (Lipinski definition) is 0. The van der Waals surface area contributed by atoms with Crippen LogP contribution in [0.4, 0.5) is 5.82 Å². The van der Waals surface area contributed by atoms with Crippen LogP contribution in [0.3, 0.4) is 0 Å². The third-order valence-electron chi connectivity index (χ3n) is 3.58. The number of nitrogens with zero attached hydrogens (tertiary/aromatic N) is 3. The van der Waals surface area contributed by atoms with Gasteiger partial charge in [-0.25, -0.2) is 4.98 Å². The van der Waals surface area contributed by atoms with Gasteiger partial charge in [-0.05, 0) is 24.5 Å². The topological polar surface area (TPSA) is 38.2 Å². The maximum absolute atomic E-state index is 5.83. The molecule has 1 aromatic carbocycles. The highest BCUT2D eigenvalue weighted by Crippen LogP contribution is 2.28. The van der Waals surface area contributed by atoms with E-state index in [-0.39, 0.29) is 0 Å². The van der Waals surface area contributed by atoms with Crippen LogP contribution in [-0.2, 0) is 12.8 Å². The Morgan fingerprint density at radius 2 is 2.10 bits per heavy atom. The maximum atomic E-state index is 5.83. The van der Waals surface area contributed by atoms with E-state index in [1.807, 2.05) is 37.3 Å². The molecular weight excluding hydrogens is 250 g/mol. The molecule has 4 nitrogen and oxygen atoms in total. The van der Waals surface area contributed by atoms with Crippen LogP contribution in [0.15, 0.2) is 36.7 Å². The molecule has 104 valence electrons. The van der Waals surface area contributed by atoms with Crippen LogP contribution in [0.1, 0.15) is 11.3 Å². The largest absolute Gasteiger partial charge is 0.493 e. The zero-order valence-electron chi connectivity index (χ0n) is 11.9. The van der Waals surface area contributed by atoms with Crippen molar-refractivity contribution in [3.63, 3.8) is 0 Å². The summed E-state index contributed by atoms with van der Waals surface area (Å²) in [5.74, 6) is 2.40. The number of fused-ring (bicyclic) bond motifs is 1. The molecule has 0 radical (unpaired) electrons. The number of aromatic nitrogens is 2. The van der Waals surface area contributed by atoms with Crippen LogP contribution in [0.2, 0.25) is 0 Å². The molecule has 1 atom stereocenters. The highest BCUT2D eigenvalue weighted by atomic mass is 16.5. The molecule has 2 aromatic rings. The second-order valence-electron chi connectivity index (χ2n) is 5.46. The van der Waals surface area contributed by atoms with Crippen molar-refractivity contribution in [2.24, 2.45) is 5.92 Å². The van der Waals surface area contributed by atoms with Gasteiger partial charge >= 0.3 is 0 Å². The van der Waals surface area contributed by atoms with Gasteiger partial charge in [0.2, 0.25) is 0 Å². The van der Waals surface area contributed by atoms with Crippen molar-refractivity contribution in [1.82, 2.24) is 9.97 Å². The van der Waals surface area contributed by atoms with E-state index in [2.05, 4.69) is 22.1 Å². The van der Waals surface area contributed by atoms with Gasteiger partial charge < -0.3 is 9.64 Å². The van der Waals surface area contributed by atoms with Crippen molar-refractivity contribution in [3.05, 3.63) is 47.9 Å². The summed E-state index contributed by atoms with van der Waals surface area (Å²) in [7, 11) is 3.96. The third kappa shape index (κ3) is 2.74. The molecule has 20 heavy (non-hydrogen) atoms. The first-order valence-electron chi connectivity index (χ1n) is 6.91. The Hall–Kier alpha value is -2.10. The molecule has 0 spiro atoms. The molecule has 1 aromatic heterocycles. The van der Waals surface area contributed by atoms with Crippen LogP contribution in [0, 0.1) is 5.92 Å². The Labute approximate surface area is 119 Å². The van der Waals surface area contributed by atoms with Gasteiger partial charge in [-0.3, -0.25) is 4.98 Å². The van der Waals surface area contributed by atoms with Crippen LogP contribution in [0.25, 0.3) is 0 Å². The second-order valence-corrected chi connectivity index (χ2v) is 5.46. The summed E-state index contributed by atoms with van der Waals surface area (Å²) in [5.41, 5.74) is 2.32. The molecule has 1 aliphatic heterocycles. The predicted molar refractivity (Wildman–Crippen MR) is 79.2 cm³/mol. The van der Waals surface area contributed by atoms with E-state index in [0.29, 0.717) is 5.92 Å². The first-order valence-corrected chi connectivity index (χ1v) is 6.91. The summed E-state index contributed by atoms with van der Waals surface area (Å²) in [6, 6.07) is 8.27. The minimum Gasteiger partial charge on any atom is -0.493 e. The average molecular weight is 269 g/mol. The number of para-hydroxylation sites is 1. The van der Waals surface area contributed by atoms with Crippen molar-refractivity contribution in [1.29, 1.82) is 0 Å². The molecule has 1 aliphatic rings. The minimum absolute atomic E-state index is 0.469. The molecule has 0 saturated carbocycles. The molecule has 0 unspecified atom stereocenters. The standard InChI is InChI=1S/C16H19N3O/c1-19(2)16-10-17-9-14(18-16)8-12-7-13-5-3-4-6-15(13)20-11-12/h3-6,9-10,12H,7-8,11H2,1-2H3/t12-/m0/s1. The van der Waals surface area contributed by atoms with Gasteiger partial charge in [-0.15, -0.1) is 0 Å². The SMILES string of the molecule is CN(C)c1cncc(C[C@H]2COc3ccccc3C2)n1. The normalized spacial score (nSPS) is 17.2. The van der Waals surface area contributed by atoms with Crippen molar-refractivity contribution >= 4 is 5.82 Å². The molecule has 0 aliphatic carbocycles. The maximum Gasteiger partial charge on any atom is 0.146 e. The summed E-state index contributed by atoms with van der Waals surface area (Å²) in [6.07, 6.45) is 5.59. The lowest BCUT2D eigenvalue weighted by atomic mass is 9.93. The van der Waals surface area contributed by atoms with E-state index < -0.39 is 0 Å². The van der Waals surface area contributed by atoms with Gasteiger partial charge in [0.05, 0.1) is 18.5 Å². The molecule has 4 heteroatoms. The lowest BCUT2D eigenvalue weighted by molar-refractivity contribution is 0.220. The first-order chi connectivity index (χ1) is 9.72. The third-order valence-corrected chi connectivity index (χ3v) is 3.58. The quantitative estimate of drug-likeness (QED) is 0.857. The van der Waals surface area contributed by atoms with Crippen molar-refractivity contribution < 1.29 is 4.74 Å². The van der Waals surface area contributed by atoms with Gasteiger partial charge in [-0.2, -0.15) is 0 Å². The molecule has 0 N–H and O–H groups in total. The zero-order valence-corrected chi connectivity index (χ0v) is 11.9. The molecule has 3 rings (SSSR count). The van der Waals surface area contributed by atoms with Gasteiger partial charge in [0, 0.05) is 26.2 Å². The summed E-state index contributed by atoms with van der Waals surface area (Å²) in [5, 5.41) is 0. The molecule has 0 bridgehead atoms. The predicted octanol–water partition coefficient (Wildman–Crippen LogP) is 2.34. The van der Waals surface area contributed by atoms with E-state index in [9.17, 15) is 0 Å². The number of hydrogen-bond acceptors (Lipinski definition) is 4. The van der Waals surface area contributed by atoms with Gasteiger partial charge in [0.15, 0.2) is 0 Å². The van der Waals surface area contributed by atoms with Crippen molar-refractivity contribution in [2.45, 2.75) is 12.8 Å². The Balaban J connectivity index is 1.72. The Kier molecular flexibility index (Phi) is 3.54. The highest BCUT2D eigenvalue weighted by Gasteiger charge is 2.20. The summed E-state index contributed by atoms with van der Waals surface area (Å²) in [4.78, 5) is 10.9. The van der Waals surface area contributed by atoms with E-state index in [1.165, 1.54) is 5.56 Å². The summed E-state index contributed by atoms with van der Waals surface area (Å²) < 4.78 is 5.83. The molecule has 0 saturated heterocycles. The van der Waals surface area contributed by atoms with Crippen LogP contribution in [0.5, 0.6) is 5.75 Å². The molecular formula is C16H19N3O. The van der Waals surface area contributed by atoms with Gasteiger partial charge in [0.1, 0.15) is 11.6 Å². The second kappa shape index (κ2) is 5.49. The van der Waals surface area contributed by atoms with Gasteiger partial charge in [0.25, 0.3) is 0 Å². The summed E-state index contributed by atoms with van der Waals surface area (Å²) in [6.45, 7) is 0.755. The highest BCUT2D eigenvalue weighted by molar-refractivity contribution is 5.36. The fourth-order valence-electron chi connectivity index (χ4n) is 2.53. The fraction of sp³-hybridized carbons (Fsp3) is 0.375. The Morgan fingerprint density at radius 3 is 2.95 bits per heavy atom. The summed E-state index contributed by atoms with van der Waals surface area (Å²) >= 11 is 0. The van der Waals surface area contributed by atoms with Crippen LogP contribution in [-0.4, -0.2) is 30.7 Å². The lowest BCUT2D eigenvalue weighted by Crippen LogP contribution is -2.23. The first kappa shape index (κ1) is 12.9. The number of ether oxygens (including phenoxy) is 1.